The fourth-order valence-corrected chi connectivity index (χ4v) is 2.88. The number of aromatic nitrogens is 2. The fraction of sp³-hybridized carbons (Fsp3) is 0.467. The van der Waals surface area contributed by atoms with Crippen LogP contribution in [-0.4, -0.2) is 35.4 Å². The number of hydrogen-bond donors (Lipinski definition) is 0. The molecule has 1 saturated heterocycles. The summed E-state index contributed by atoms with van der Waals surface area (Å²) in [6.07, 6.45) is 0.459. The van der Waals surface area contributed by atoms with Gasteiger partial charge in [0.1, 0.15) is 11.0 Å². The molecule has 6 heteroatoms. The molecule has 21 heavy (non-hydrogen) atoms. The van der Waals surface area contributed by atoms with Gasteiger partial charge < -0.3 is 4.90 Å². The Hall–Kier alpha value is -1.49. The average Bonchev–Trinajstić information content (AvgIpc) is 2.76. The lowest BCUT2D eigenvalue weighted by atomic mass is 9.99. The van der Waals surface area contributed by atoms with E-state index in [0.29, 0.717) is 11.0 Å². The van der Waals surface area contributed by atoms with Crippen LogP contribution in [0.25, 0.3) is 10.8 Å². The molecule has 1 fully saturated rings. The van der Waals surface area contributed by atoms with Gasteiger partial charge in [-0.15, -0.1) is 0 Å². The van der Waals surface area contributed by atoms with Crippen LogP contribution >= 0.6 is 11.6 Å². The van der Waals surface area contributed by atoms with Gasteiger partial charge in [-0.25, -0.2) is 18.7 Å². The van der Waals surface area contributed by atoms with E-state index in [0.717, 1.165) is 16.3 Å². The molecule has 0 spiro atoms. The third-order valence-corrected chi connectivity index (χ3v) is 4.06. The van der Waals surface area contributed by atoms with Crippen LogP contribution < -0.4 is 4.90 Å². The van der Waals surface area contributed by atoms with Crippen molar-refractivity contribution in [1.82, 2.24) is 9.97 Å². The molecule has 2 aromatic rings. The molecule has 3 nitrogen and oxygen atoms in total. The molecular weight excluding hydrogens is 296 g/mol. The van der Waals surface area contributed by atoms with Crippen LogP contribution in [-0.2, 0) is 0 Å². The topological polar surface area (TPSA) is 29.0 Å². The molecule has 0 bridgehead atoms. The van der Waals surface area contributed by atoms with E-state index in [9.17, 15) is 8.78 Å². The summed E-state index contributed by atoms with van der Waals surface area (Å²) >= 11 is 5.99. The van der Waals surface area contributed by atoms with Crippen molar-refractivity contribution in [2.24, 2.45) is 0 Å². The Morgan fingerprint density at radius 2 is 1.81 bits per heavy atom. The first-order chi connectivity index (χ1) is 9.97. The summed E-state index contributed by atoms with van der Waals surface area (Å²) in [4.78, 5) is 10.1. The Kier molecular flexibility index (Phi) is 3.69. The lowest BCUT2D eigenvalue weighted by molar-refractivity contribution is 0.217. The molecule has 2 atom stereocenters. The molecule has 0 saturated carbocycles. The van der Waals surface area contributed by atoms with E-state index in [1.165, 1.54) is 0 Å². The van der Waals surface area contributed by atoms with Crippen molar-refractivity contribution >= 4 is 28.2 Å². The molecule has 2 unspecified atom stereocenters. The lowest BCUT2D eigenvalue weighted by Crippen LogP contribution is -2.22. The molecule has 112 valence electrons. The first-order valence-electron chi connectivity index (χ1n) is 6.94. The van der Waals surface area contributed by atoms with E-state index >= 15 is 0 Å². The molecule has 0 aliphatic carbocycles. The minimum atomic E-state index is -1.47. The molecule has 3 rings (SSSR count). The lowest BCUT2D eigenvalue weighted by Gasteiger charge is -2.20. The van der Waals surface area contributed by atoms with Crippen LogP contribution in [0.5, 0.6) is 0 Å². The summed E-state index contributed by atoms with van der Waals surface area (Å²) in [5, 5.41) is 2.12. The fourth-order valence-electron chi connectivity index (χ4n) is 2.73. The minimum Gasteiger partial charge on any atom is -0.350 e. The first kappa shape index (κ1) is 14.4. The SMILES string of the molecule is CC(C)c1cnc(N2CC(F)C(F)C2)c2cnc(Cl)cc12. The number of hydrogen-bond acceptors (Lipinski definition) is 3. The maximum absolute atomic E-state index is 13.4. The van der Waals surface area contributed by atoms with E-state index in [1.807, 2.05) is 0 Å². The second-order valence-corrected chi connectivity index (χ2v) is 6.07. The van der Waals surface area contributed by atoms with Crippen molar-refractivity contribution in [2.45, 2.75) is 32.1 Å². The second kappa shape index (κ2) is 5.37. The van der Waals surface area contributed by atoms with Crippen molar-refractivity contribution in [3.63, 3.8) is 0 Å². The van der Waals surface area contributed by atoms with Gasteiger partial charge in [-0.2, -0.15) is 0 Å². The van der Waals surface area contributed by atoms with Crippen LogP contribution in [0.3, 0.4) is 0 Å². The van der Waals surface area contributed by atoms with Gasteiger partial charge in [-0.3, -0.25) is 0 Å². The normalized spacial score (nSPS) is 22.5. The number of anilines is 1. The molecule has 0 aromatic carbocycles. The van der Waals surface area contributed by atoms with E-state index in [1.54, 1.807) is 23.4 Å². The number of nitrogens with zero attached hydrogens (tertiary/aromatic N) is 3. The maximum atomic E-state index is 13.4. The number of halogens is 3. The number of fused-ring (bicyclic) bond motifs is 1. The summed E-state index contributed by atoms with van der Waals surface area (Å²) < 4.78 is 26.9. The van der Waals surface area contributed by atoms with Gasteiger partial charge in [-0.1, -0.05) is 25.4 Å². The van der Waals surface area contributed by atoms with Crippen molar-refractivity contribution in [3.8, 4) is 0 Å². The highest BCUT2D eigenvalue weighted by Gasteiger charge is 2.34. The number of alkyl halides is 2. The third-order valence-electron chi connectivity index (χ3n) is 3.85. The van der Waals surface area contributed by atoms with Crippen LogP contribution in [0.1, 0.15) is 25.3 Å². The standard InChI is InChI=1S/C15H16ClF2N3/c1-8(2)10-4-20-15(21-6-12(17)13(18)7-21)11-5-19-14(16)3-9(10)11/h3-5,8,12-13H,6-7H2,1-2H3. The molecule has 0 N–H and O–H groups in total. The molecule has 2 aromatic heterocycles. The smallest absolute Gasteiger partial charge is 0.150 e. The van der Waals surface area contributed by atoms with Crippen molar-refractivity contribution in [3.05, 3.63) is 29.2 Å². The highest BCUT2D eigenvalue weighted by molar-refractivity contribution is 6.30. The van der Waals surface area contributed by atoms with Crippen molar-refractivity contribution in [1.29, 1.82) is 0 Å². The summed E-state index contributed by atoms with van der Waals surface area (Å²) in [5.74, 6) is 0.843. The average molecular weight is 312 g/mol. The molecule has 0 radical (unpaired) electrons. The predicted molar refractivity (Wildman–Crippen MR) is 80.6 cm³/mol. The van der Waals surface area contributed by atoms with Crippen molar-refractivity contribution in [2.75, 3.05) is 18.0 Å². The van der Waals surface area contributed by atoms with E-state index in [-0.39, 0.29) is 19.0 Å². The van der Waals surface area contributed by atoms with Gasteiger partial charge in [0.05, 0.1) is 13.1 Å². The largest absolute Gasteiger partial charge is 0.350 e. The summed E-state index contributed by atoms with van der Waals surface area (Å²) in [6.45, 7) is 4.17. The van der Waals surface area contributed by atoms with Crippen LogP contribution in [0.15, 0.2) is 18.5 Å². The Morgan fingerprint density at radius 1 is 1.14 bits per heavy atom. The highest BCUT2D eigenvalue weighted by atomic mass is 35.5. The van der Waals surface area contributed by atoms with Gasteiger partial charge in [0.15, 0.2) is 12.3 Å². The quantitative estimate of drug-likeness (QED) is 0.788. The van der Waals surface area contributed by atoms with Crippen LogP contribution in [0.4, 0.5) is 14.6 Å². The molecule has 1 aliphatic rings. The Bertz CT molecular complexity index is 667. The summed E-state index contributed by atoms with van der Waals surface area (Å²) in [6, 6.07) is 1.79. The van der Waals surface area contributed by atoms with Crippen LogP contribution in [0, 0.1) is 0 Å². The number of pyridine rings is 2. The summed E-state index contributed by atoms with van der Waals surface area (Å²) in [7, 11) is 0. The molecule has 0 amide bonds. The van der Waals surface area contributed by atoms with Crippen molar-refractivity contribution < 1.29 is 8.78 Å². The molecular formula is C15H16ClF2N3. The summed E-state index contributed by atoms with van der Waals surface area (Å²) in [5.41, 5.74) is 1.05. The third kappa shape index (κ3) is 2.55. The zero-order chi connectivity index (χ0) is 15.1. The zero-order valence-electron chi connectivity index (χ0n) is 11.9. The molecule has 3 heterocycles. The van der Waals surface area contributed by atoms with E-state index in [2.05, 4.69) is 23.8 Å². The second-order valence-electron chi connectivity index (χ2n) is 5.68. The van der Waals surface area contributed by atoms with Gasteiger partial charge in [0.25, 0.3) is 0 Å². The Morgan fingerprint density at radius 3 is 2.43 bits per heavy atom. The minimum absolute atomic E-state index is 0.0208. The number of rotatable bonds is 2. The van der Waals surface area contributed by atoms with E-state index in [4.69, 9.17) is 11.6 Å². The maximum Gasteiger partial charge on any atom is 0.150 e. The van der Waals surface area contributed by atoms with Gasteiger partial charge in [-0.05, 0) is 22.9 Å². The highest BCUT2D eigenvalue weighted by Crippen LogP contribution is 2.33. The Balaban J connectivity index is 2.15. The van der Waals surface area contributed by atoms with Gasteiger partial charge >= 0.3 is 0 Å². The molecule has 1 aliphatic heterocycles. The zero-order valence-corrected chi connectivity index (χ0v) is 12.6. The van der Waals surface area contributed by atoms with Gasteiger partial charge in [0.2, 0.25) is 0 Å². The monoisotopic (exact) mass is 311 g/mol. The van der Waals surface area contributed by atoms with E-state index < -0.39 is 12.3 Å². The predicted octanol–water partition coefficient (Wildman–Crippen LogP) is 3.90. The first-order valence-corrected chi connectivity index (χ1v) is 7.32. The van der Waals surface area contributed by atoms with Gasteiger partial charge in [0, 0.05) is 17.8 Å². The Labute approximate surface area is 126 Å². The van der Waals surface area contributed by atoms with Crippen LogP contribution in [0.2, 0.25) is 5.15 Å².